The lowest BCUT2D eigenvalue weighted by molar-refractivity contribution is 0.316. The standard InChI is InChI=1S/C10H17BrN2S/c1-8(12)3-4-13(2)6-10-5-9(11)7-14-10/h5,7-8H,3-4,6,12H2,1-2H3. The molecule has 1 aromatic heterocycles. The minimum Gasteiger partial charge on any atom is -0.328 e. The number of nitrogens with two attached hydrogens (primary N) is 1. The van der Waals surface area contributed by atoms with Crippen molar-refractivity contribution in [1.82, 2.24) is 4.90 Å². The highest BCUT2D eigenvalue weighted by Gasteiger charge is 2.03. The number of thiophene rings is 1. The summed E-state index contributed by atoms with van der Waals surface area (Å²) in [6.45, 7) is 4.13. The molecule has 0 aromatic carbocycles. The van der Waals surface area contributed by atoms with Crippen LogP contribution in [-0.4, -0.2) is 24.5 Å². The zero-order valence-electron chi connectivity index (χ0n) is 8.66. The van der Waals surface area contributed by atoms with E-state index in [1.165, 1.54) is 9.35 Å². The van der Waals surface area contributed by atoms with E-state index in [0.717, 1.165) is 19.5 Å². The number of hydrogen-bond donors (Lipinski definition) is 1. The molecule has 0 saturated heterocycles. The van der Waals surface area contributed by atoms with E-state index in [1.54, 1.807) is 11.3 Å². The van der Waals surface area contributed by atoms with Crippen molar-refractivity contribution in [2.45, 2.75) is 25.9 Å². The third-order valence-electron chi connectivity index (χ3n) is 2.01. The van der Waals surface area contributed by atoms with Gasteiger partial charge in [0.05, 0.1) is 0 Å². The molecule has 1 aromatic rings. The maximum atomic E-state index is 5.71. The lowest BCUT2D eigenvalue weighted by Gasteiger charge is -2.16. The Kier molecular flexibility index (Phi) is 5.09. The summed E-state index contributed by atoms with van der Waals surface area (Å²) in [6, 6.07) is 2.47. The molecule has 1 unspecified atom stereocenters. The van der Waals surface area contributed by atoms with Crippen LogP contribution in [0.1, 0.15) is 18.2 Å². The summed E-state index contributed by atoms with van der Waals surface area (Å²) in [5.74, 6) is 0. The zero-order chi connectivity index (χ0) is 10.6. The lowest BCUT2D eigenvalue weighted by Crippen LogP contribution is -2.25. The molecule has 0 aliphatic carbocycles. The third-order valence-corrected chi connectivity index (χ3v) is 3.70. The monoisotopic (exact) mass is 276 g/mol. The molecule has 0 radical (unpaired) electrons. The van der Waals surface area contributed by atoms with Crippen molar-refractivity contribution in [3.8, 4) is 0 Å². The SMILES string of the molecule is CC(N)CCN(C)Cc1cc(Br)cs1. The van der Waals surface area contributed by atoms with Crippen LogP contribution in [0.2, 0.25) is 0 Å². The van der Waals surface area contributed by atoms with Gasteiger partial charge < -0.3 is 10.6 Å². The highest BCUT2D eigenvalue weighted by molar-refractivity contribution is 9.10. The topological polar surface area (TPSA) is 29.3 Å². The Balaban J connectivity index is 2.30. The van der Waals surface area contributed by atoms with Crippen molar-refractivity contribution in [3.63, 3.8) is 0 Å². The summed E-state index contributed by atoms with van der Waals surface area (Å²) in [5, 5.41) is 2.12. The second-order valence-electron chi connectivity index (χ2n) is 3.73. The zero-order valence-corrected chi connectivity index (χ0v) is 11.1. The lowest BCUT2D eigenvalue weighted by atomic mass is 10.2. The molecular weight excluding hydrogens is 260 g/mol. The molecular formula is C10H17BrN2S. The second kappa shape index (κ2) is 5.85. The predicted octanol–water partition coefficient (Wildman–Crippen LogP) is 2.68. The molecule has 1 rings (SSSR count). The Morgan fingerprint density at radius 1 is 1.64 bits per heavy atom. The minimum absolute atomic E-state index is 0.299. The van der Waals surface area contributed by atoms with Crippen molar-refractivity contribution in [1.29, 1.82) is 0 Å². The van der Waals surface area contributed by atoms with Gasteiger partial charge in [-0.25, -0.2) is 0 Å². The molecule has 2 N–H and O–H groups in total. The molecule has 0 aliphatic heterocycles. The maximum Gasteiger partial charge on any atom is 0.0325 e. The molecule has 0 amide bonds. The Morgan fingerprint density at radius 3 is 2.86 bits per heavy atom. The van der Waals surface area contributed by atoms with Crippen LogP contribution in [0, 0.1) is 0 Å². The van der Waals surface area contributed by atoms with E-state index >= 15 is 0 Å². The minimum atomic E-state index is 0.299. The van der Waals surface area contributed by atoms with Gasteiger partial charge in [0.25, 0.3) is 0 Å². The largest absolute Gasteiger partial charge is 0.328 e. The first-order valence-corrected chi connectivity index (χ1v) is 6.42. The normalized spacial score (nSPS) is 13.5. The van der Waals surface area contributed by atoms with E-state index in [4.69, 9.17) is 5.73 Å². The van der Waals surface area contributed by atoms with Crippen LogP contribution in [0.5, 0.6) is 0 Å². The third kappa shape index (κ3) is 4.55. The van der Waals surface area contributed by atoms with E-state index in [9.17, 15) is 0 Å². The molecule has 1 atom stereocenters. The van der Waals surface area contributed by atoms with Gasteiger partial charge in [-0.15, -0.1) is 11.3 Å². The average molecular weight is 277 g/mol. The number of rotatable bonds is 5. The van der Waals surface area contributed by atoms with Gasteiger partial charge in [0, 0.05) is 27.3 Å². The van der Waals surface area contributed by atoms with Crippen molar-refractivity contribution >= 4 is 27.3 Å². The van der Waals surface area contributed by atoms with Gasteiger partial charge >= 0.3 is 0 Å². The van der Waals surface area contributed by atoms with Crippen LogP contribution >= 0.6 is 27.3 Å². The van der Waals surface area contributed by atoms with Crippen LogP contribution in [0.25, 0.3) is 0 Å². The molecule has 0 aliphatic rings. The Morgan fingerprint density at radius 2 is 2.36 bits per heavy atom. The molecule has 1 heterocycles. The first-order chi connectivity index (χ1) is 6.58. The summed E-state index contributed by atoms with van der Waals surface area (Å²) >= 11 is 5.25. The van der Waals surface area contributed by atoms with Gasteiger partial charge in [0.2, 0.25) is 0 Å². The average Bonchev–Trinajstić information content (AvgIpc) is 2.48. The Hall–Kier alpha value is 0.1000. The first-order valence-electron chi connectivity index (χ1n) is 4.75. The highest BCUT2D eigenvalue weighted by atomic mass is 79.9. The van der Waals surface area contributed by atoms with E-state index in [-0.39, 0.29) is 0 Å². The summed E-state index contributed by atoms with van der Waals surface area (Å²) in [5.41, 5.74) is 5.71. The molecule has 2 nitrogen and oxygen atoms in total. The molecule has 0 bridgehead atoms. The van der Waals surface area contributed by atoms with Gasteiger partial charge in [0.1, 0.15) is 0 Å². The highest BCUT2D eigenvalue weighted by Crippen LogP contribution is 2.20. The molecule has 0 spiro atoms. The summed E-state index contributed by atoms with van der Waals surface area (Å²) in [6.07, 6.45) is 1.06. The van der Waals surface area contributed by atoms with Crippen LogP contribution in [0.15, 0.2) is 15.9 Å². The van der Waals surface area contributed by atoms with E-state index in [2.05, 4.69) is 46.2 Å². The van der Waals surface area contributed by atoms with Gasteiger partial charge in [-0.1, -0.05) is 0 Å². The van der Waals surface area contributed by atoms with Gasteiger partial charge in [-0.2, -0.15) is 0 Å². The van der Waals surface area contributed by atoms with Gasteiger partial charge in [0.15, 0.2) is 0 Å². The fourth-order valence-corrected chi connectivity index (χ4v) is 2.74. The summed E-state index contributed by atoms with van der Waals surface area (Å²) < 4.78 is 1.18. The second-order valence-corrected chi connectivity index (χ2v) is 5.65. The predicted molar refractivity (Wildman–Crippen MR) is 66.6 cm³/mol. The van der Waals surface area contributed by atoms with Crippen LogP contribution in [0.3, 0.4) is 0 Å². The summed E-state index contributed by atoms with van der Waals surface area (Å²) in [7, 11) is 2.13. The van der Waals surface area contributed by atoms with Gasteiger partial charge in [-0.05, 0) is 48.9 Å². The fourth-order valence-electron chi connectivity index (χ4n) is 1.21. The van der Waals surface area contributed by atoms with Crippen LogP contribution in [0.4, 0.5) is 0 Å². The van der Waals surface area contributed by atoms with E-state index < -0.39 is 0 Å². The summed E-state index contributed by atoms with van der Waals surface area (Å²) in [4.78, 5) is 3.70. The molecule has 80 valence electrons. The maximum absolute atomic E-state index is 5.71. The van der Waals surface area contributed by atoms with Crippen molar-refractivity contribution < 1.29 is 0 Å². The molecule has 4 heteroatoms. The van der Waals surface area contributed by atoms with Crippen molar-refractivity contribution in [2.75, 3.05) is 13.6 Å². The van der Waals surface area contributed by atoms with E-state index in [1.807, 2.05) is 0 Å². The molecule has 0 saturated carbocycles. The van der Waals surface area contributed by atoms with E-state index in [0.29, 0.717) is 6.04 Å². The number of halogens is 1. The Labute approximate surface area is 98.2 Å². The first kappa shape index (κ1) is 12.2. The fraction of sp³-hybridized carbons (Fsp3) is 0.600. The van der Waals surface area contributed by atoms with Gasteiger partial charge in [-0.3, -0.25) is 0 Å². The Bertz CT molecular complexity index is 273. The quantitative estimate of drug-likeness (QED) is 0.896. The molecule has 14 heavy (non-hydrogen) atoms. The smallest absolute Gasteiger partial charge is 0.0325 e. The van der Waals surface area contributed by atoms with Crippen LogP contribution in [-0.2, 0) is 6.54 Å². The van der Waals surface area contributed by atoms with Crippen LogP contribution < -0.4 is 5.73 Å². The molecule has 0 fully saturated rings. The number of hydrogen-bond acceptors (Lipinski definition) is 3. The van der Waals surface area contributed by atoms with Crippen molar-refractivity contribution in [2.24, 2.45) is 5.73 Å². The number of nitrogens with zero attached hydrogens (tertiary/aromatic N) is 1. The van der Waals surface area contributed by atoms with Crippen molar-refractivity contribution in [3.05, 3.63) is 20.8 Å².